The van der Waals surface area contributed by atoms with Crippen LogP contribution in [0.15, 0.2) is 36.7 Å². The van der Waals surface area contributed by atoms with Gasteiger partial charge in [0.1, 0.15) is 6.61 Å². The zero-order chi connectivity index (χ0) is 17.1. The molecule has 0 spiro atoms. The third-order valence-electron chi connectivity index (χ3n) is 5.16. The Labute approximate surface area is 148 Å². The molecule has 2 aliphatic heterocycles. The SMILES string of the molecule is Oc1cc(-c2cccnc2)cc2c1OCCN(CC1CCNCC1)C2. The Hall–Kier alpha value is -2.11. The van der Waals surface area contributed by atoms with E-state index in [1.807, 2.05) is 18.3 Å². The number of hydrogen-bond acceptors (Lipinski definition) is 5. The van der Waals surface area contributed by atoms with E-state index in [1.54, 1.807) is 12.3 Å². The summed E-state index contributed by atoms with van der Waals surface area (Å²) in [5, 5.41) is 13.9. The zero-order valence-electron chi connectivity index (χ0n) is 14.4. The van der Waals surface area contributed by atoms with Crippen molar-refractivity contribution in [3.63, 3.8) is 0 Å². The van der Waals surface area contributed by atoms with Crippen LogP contribution in [0, 0.1) is 5.92 Å². The molecule has 4 rings (SSSR count). The van der Waals surface area contributed by atoms with Crippen molar-refractivity contribution in [2.45, 2.75) is 19.4 Å². The van der Waals surface area contributed by atoms with E-state index in [1.165, 1.54) is 12.8 Å². The van der Waals surface area contributed by atoms with Crippen molar-refractivity contribution in [1.82, 2.24) is 15.2 Å². The van der Waals surface area contributed by atoms with Gasteiger partial charge in [0.25, 0.3) is 0 Å². The first kappa shape index (κ1) is 16.4. The van der Waals surface area contributed by atoms with Gasteiger partial charge in [0, 0.05) is 43.2 Å². The van der Waals surface area contributed by atoms with Crippen LogP contribution in [0.25, 0.3) is 11.1 Å². The second kappa shape index (κ2) is 7.42. The second-order valence-corrected chi connectivity index (χ2v) is 7.00. The minimum atomic E-state index is 0.222. The number of pyridine rings is 1. The van der Waals surface area contributed by atoms with Gasteiger partial charge in [-0.25, -0.2) is 0 Å². The maximum Gasteiger partial charge on any atom is 0.165 e. The third kappa shape index (κ3) is 3.78. The molecule has 0 bridgehead atoms. The summed E-state index contributed by atoms with van der Waals surface area (Å²) < 4.78 is 5.87. The Morgan fingerprint density at radius 3 is 2.92 bits per heavy atom. The Morgan fingerprint density at radius 2 is 2.12 bits per heavy atom. The van der Waals surface area contributed by atoms with E-state index in [9.17, 15) is 5.11 Å². The summed E-state index contributed by atoms with van der Waals surface area (Å²) in [4.78, 5) is 6.65. The number of hydrogen-bond donors (Lipinski definition) is 2. The Kier molecular flexibility index (Phi) is 4.85. The van der Waals surface area contributed by atoms with Crippen molar-refractivity contribution in [3.05, 3.63) is 42.2 Å². The number of piperidine rings is 1. The lowest BCUT2D eigenvalue weighted by Crippen LogP contribution is -2.36. The molecular weight excluding hydrogens is 314 g/mol. The molecule has 0 radical (unpaired) electrons. The smallest absolute Gasteiger partial charge is 0.165 e. The van der Waals surface area contributed by atoms with Crippen LogP contribution in [0.1, 0.15) is 18.4 Å². The Bertz CT molecular complexity index is 714. The maximum absolute atomic E-state index is 10.5. The summed E-state index contributed by atoms with van der Waals surface area (Å²) >= 11 is 0. The fourth-order valence-electron chi connectivity index (χ4n) is 3.84. The maximum atomic E-state index is 10.5. The van der Waals surface area contributed by atoms with E-state index >= 15 is 0 Å². The molecule has 3 heterocycles. The highest BCUT2D eigenvalue weighted by atomic mass is 16.5. The molecule has 0 saturated carbocycles. The van der Waals surface area contributed by atoms with Crippen molar-refractivity contribution in [3.8, 4) is 22.6 Å². The molecular formula is C20H25N3O2. The highest BCUT2D eigenvalue weighted by Crippen LogP contribution is 2.37. The van der Waals surface area contributed by atoms with Gasteiger partial charge in [0.15, 0.2) is 11.5 Å². The lowest BCUT2D eigenvalue weighted by atomic mass is 9.97. The van der Waals surface area contributed by atoms with Crippen molar-refractivity contribution in [2.24, 2.45) is 5.92 Å². The first-order valence-corrected chi connectivity index (χ1v) is 9.12. The van der Waals surface area contributed by atoms with E-state index in [0.29, 0.717) is 12.4 Å². The second-order valence-electron chi connectivity index (χ2n) is 7.00. The summed E-state index contributed by atoms with van der Waals surface area (Å²) in [7, 11) is 0. The summed E-state index contributed by atoms with van der Waals surface area (Å²) in [6.07, 6.45) is 6.07. The number of nitrogens with zero attached hydrogens (tertiary/aromatic N) is 2. The van der Waals surface area contributed by atoms with Crippen LogP contribution in [0.5, 0.6) is 11.5 Å². The van der Waals surface area contributed by atoms with Crippen LogP contribution < -0.4 is 10.1 Å². The van der Waals surface area contributed by atoms with E-state index in [-0.39, 0.29) is 5.75 Å². The molecule has 0 unspecified atom stereocenters. The van der Waals surface area contributed by atoms with Crippen LogP contribution in [-0.2, 0) is 6.54 Å². The van der Waals surface area contributed by atoms with Crippen LogP contribution in [-0.4, -0.2) is 47.8 Å². The minimum Gasteiger partial charge on any atom is -0.504 e. The number of fused-ring (bicyclic) bond motifs is 1. The highest BCUT2D eigenvalue weighted by Gasteiger charge is 2.23. The summed E-state index contributed by atoms with van der Waals surface area (Å²) in [6, 6.07) is 7.83. The Morgan fingerprint density at radius 1 is 1.24 bits per heavy atom. The number of aromatic nitrogens is 1. The van der Waals surface area contributed by atoms with Crippen LogP contribution in [0.3, 0.4) is 0 Å². The van der Waals surface area contributed by atoms with Crippen LogP contribution in [0.2, 0.25) is 0 Å². The lowest BCUT2D eigenvalue weighted by Gasteiger charge is -2.28. The minimum absolute atomic E-state index is 0.222. The molecule has 1 aromatic heterocycles. The van der Waals surface area contributed by atoms with Gasteiger partial charge in [0.05, 0.1) is 0 Å². The molecule has 0 atom stereocenters. The number of ether oxygens (including phenoxy) is 1. The average molecular weight is 339 g/mol. The molecule has 2 aliphatic rings. The molecule has 132 valence electrons. The number of phenols is 1. The molecule has 5 nitrogen and oxygen atoms in total. The van der Waals surface area contributed by atoms with Crippen molar-refractivity contribution >= 4 is 0 Å². The topological polar surface area (TPSA) is 57.6 Å². The number of nitrogens with one attached hydrogen (secondary N) is 1. The molecule has 25 heavy (non-hydrogen) atoms. The largest absolute Gasteiger partial charge is 0.504 e. The van der Waals surface area contributed by atoms with Gasteiger partial charge in [-0.1, -0.05) is 6.07 Å². The molecule has 2 aromatic rings. The van der Waals surface area contributed by atoms with E-state index < -0.39 is 0 Å². The molecule has 1 fully saturated rings. The standard InChI is InChI=1S/C20H25N3O2/c24-19-11-17(16-2-1-5-22-12-16)10-18-14-23(8-9-25-20(18)19)13-15-3-6-21-7-4-15/h1-2,5,10-12,15,21,24H,3-4,6-9,13-14H2. The van der Waals surface area contributed by atoms with E-state index in [4.69, 9.17) is 4.74 Å². The summed E-state index contributed by atoms with van der Waals surface area (Å²) in [5.74, 6) is 1.61. The van der Waals surface area contributed by atoms with Gasteiger partial charge >= 0.3 is 0 Å². The zero-order valence-corrected chi connectivity index (χ0v) is 14.4. The predicted molar refractivity (Wildman–Crippen MR) is 97.7 cm³/mol. The van der Waals surface area contributed by atoms with Gasteiger partial charge in [-0.15, -0.1) is 0 Å². The molecule has 1 saturated heterocycles. The van der Waals surface area contributed by atoms with E-state index in [2.05, 4.69) is 21.3 Å². The number of benzene rings is 1. The number of phenolic OH excluding ortho intramolecular Hbond substituents is 1. The van der Waals surface area contributed by atoms with Gasteiger partial charge in [-0.2, -0.15) is 0 Å². The van der Waals surface area contributed by atoms with E-state index in [0.717, 1.165) is 55.3 Å². The molecule has 1 aromatic carbocycles. The van der Waals surface area contributed by atoms with Crippen molar-refractivity contribution < 1.29 is 9.84 Å². The van der Waals surface area contributed by atoms with Gasteiger partial charge in [-0.05, 0) is 55.6 Å². The first-order valence-electron chi connectivity index (χ1n) is 9.12. The van der Waals surface area contributed by atoms with Crippen molar-refractivity contribution in [1.29, 1.82) is 0 Å². The third-order valence-corrected chi connectivity index (χ3v) is 5.16. The first-order chi connectivity index (χ1) is 12.3. The predicted octanol–water partition coefficient (Wildman–Crippen LogP) is 2.65. The highest BCUT2D eigenvalue weighted by molar-refractivity contribution is 5.68. The fraction of sp³-hybridized carbons (Fsp3) is 0.450. The van der Waals surface area contributed by atoms with Gasteiger partial charge < -0.3 is 15.2 Å². The van der Waals surface area contributed by atoms with Crippen LogP contribution >= 0.6 is 0 Å². The molecule has 0 amide bonds. The van der Waals surface area contributed by atoms with Crippen molar-refractivity contribution in [2.75, 3.05) is 32.8 Å². The van der Waals surface area contributed by atoms with Gasteiger partial charge in [-0.3, -0.25) is 9.88 Å². The Balaban J connectivity index is 1.57. The number of rotatable bonds is 3. The normalized spacial score (nSPS) is 19.0. The quantitative estimate of drug-likeness (QED) is 0.900. The lowest BCUT2D eigenvalue weighted by molar-refractivity contribution is 0.180. The summed E-state index contributed by atoms with van der Waals surface area (Å²) in [5.41, 5.74) is 3.05. The van der Waals surface area contributed by atoms with Gasteiger partial charge in [0.2, 0.25) is 0 Å². The summed E-state index contributed by atoms with van der Waals surface area (Å²) in [6.45, 7) is 5.69. The molecule has 0 aliphatic carbocycles. The van der Waals surface area contributed by atoms with Crippen LogP contribution in [0.4, 0.5) is 0 Å². The average Bonchev–Trinajstić information content (AvgIpc) is 2.85. The monoisotopic (exact) mass is 339 g/mol. The molecule has 2 N–H and O–H groups in total. The fourth-order valence-corrected chi connectivity index (χ4v) is 3.84. The molecule has 5 heteroatoms. The number of aromatic hydroxyl groups is 1.